The Morgan fingerprint density at radius 3 is 2.50 bits per heavy atom. The molecule has 3 rings (SSSR count). The van der Waals surface area contributed by atoms with E-state index >= 15 is 0 Å². The number of hydrogen-bond donors (Lipinski definition) is 0. The highest BCUT2D eigenvalue weighted by Crippen LogP contribution is 2.20. The van der Waals surface area contributed by atoms with Crippen molar-refractivity contribution in [3.63, 3.8) is 0 Å². The molecule has 0 N–H and O–H groups in total. The van der Waals surface area contributed by atoms with Crippen LogP contribution >= 0.6 is 0 Å². The zero-order valence-corrected chi connectivity index (χ0v) is 14.3. The molecule has 4 nitrogen and oxygen atoms in total. The molecule has 1 fully saturated rings. The van der Waals surface area contributed by atoms with Gasteiger partial charge in [-0.2, -0.15) is 0 Å². The summed E-state index contributed by atoms with van der Waals surface area (Å²) in [5.41, 5.74) is 3.24. The van der Waals surface area contributed by atoms with Gasteiger partial charge in [0.1, 0.15) is 19.5 Å². The second-order valence-electron chi connectivity index (χ2n) is 6.42. The van der Waals surface area contributed by atoms with Gasteiger partial charge in [-0.3, -0.25) is 4.79 Å². The van der Waals surface area contributed by atoms with Gasteiger partial charge in [0.25, 0.3) is 5.91 Å². The van der Waals surface area contributed by atoms with Gasteiger partial charge in [0.15, 0.2) is 0 Å². The van der Waals surface area contributed by atoms with Crippen LogP contribution < -0.4 is 10.4 Å². The Kier molecular flexibility index (Phi) is 4.56. The largest absolute Gasteiger partial charge is 0.353 e. The lowest BCUT2D eigenvalue weighted by Gasteiger charge is -2.36. The Hall–Kier alpha value is -2.37. The van der Waals surface area contributed by atoms with E-state index < -0.39 is 5.82 Å². The summed E-state index contributed by atoms with van der Waals surface area (Å²) in [7, 11) is 1.81. The summed E-state index contributed by atoms with van der Waals surface area (Å²) in [6.45, 7) is 6.62. The minimum absolute atomic E-state index is 0.152. The number of hydrogen-bond acceptors (Lipinski definition) is 3. The Balaban J connectivity index is 1.69. The number of pyridine rings is 1. The van der Waals surface area contributed by atoms with Gasteiger partial charge in [-0.05, 0) is 37.1 Å². The molecule has 124 valence electrons. The van der Waals surface area contributed by atoms with E-state index in [9.17, 15) is 9.18 Å². The van der Waals surface area contributed by atoms with Crippen LogP contribution in [0.15, 0.2) is 30.5 Å². The smallest absolute Gasteiger partial charge is 0.256 e. The van der Waals surface area contributed by atoms with Crippen LogP contribution in [0.3, 0.4) is 0 Å². The SMILES string of the molecule is Bc1ccc(C(=O)N2CCN(c3ncc(C)cc3C)CC2)c(F)c1. The molecular weight excluding hydrogens is 304 g/mol. The fourth-order valence-electron chi connectivity index (χ4n) is 3.12. The molecule has 0 saturated carbocycles. The Morgan fingerprint density at radius 2 is 1.88 bits per heavy atom. The molecule has 0 aliphatic carbocycles. The van der Waals surface area contributed by atoms with Crippen LogP contribution in [0.25, 0.3) is 0 Å². The Labute approximate surface area is 142 Å². The van der Waals surface area contributed by atoms with E-state index in [1.807, 2.05) is 21.0 Å². The zero-order valence-electron chi connectivity index (χ0n) is 14.3. The molecule has 0 bridgehead atoms. The van der Waals surface area contributed by atoms with Gasteiger partial charge in [-0.1, -0.05) is 17.6 Å². The molecule has 1 saturated heterocycles. The first-order valence-corrected chi connectivity index (χ1v) is 8.19. The number of nitrogens with zero attached hydrogens (tertiary/aromatic N) is 3. The molecule has 24 heavy (non-hydrogen) atoms. The van der Waals surface area contributed by atoms with E-state index in [0.717, 1.165) is 22.4 Å². The van der Waals surface area contributed by atoms with E-state index in [2.05, 4.69) is 22.9 Å². The predicted octanol–water partition coefficient (Wildman–Crippen LogP) is 1.06. The number of piperazine rings is 1. The first-order chi connectivity index (χ1) is 11.5. The van der Waals surface area contributed by atoms with E-state index in [1.54, 1.807) is 17.0 Å². The number of rotatable bonds is 2. The van der Waals surface area contributed by atoms with Crippen molar-refractivity contribution in [1.82, 2.24) is 9.88 Å². The van der Waals surface area contributed by atoms with Crippen LogP contribution in [-0.4, -0.2) is 49.8 Å². The molecule has 1 aliphatic rings. The highest BCUT2D eigenvalue weighted by molar-refractivity contribution is 6.32. The van der Waals surface area contributed by atoms with Gasteiger partial charge in [0, 0.05) is 32.4 Å². The number of halogens is 1. The van der Waals surface area contributed by atoms with Gasteiger partial charge in [-0.15, -0.1) is 0 Å². The van der Waals surface area contributed by atoms with Crippen LogP contribution in [-0.2, 0) is 0 Å². The van der Waals surface area contributed by atoms with Crippen LogP contribution in [0.5, 0.6) is 0 Å². The lowest BCUT2D eigenvalue weighted by atomic mass is 9.94. The fourth-order valence-corrected chi connectivity index (χ4v) is 3.12. The van der Waals surface area contributed by atoms with E-state index in [0.29, 0.717) is 26.2 Å². The number of aromatic nitrogens is 1. The average molecular weight is 325 g/mol. The van der Waals surface area contributed by atoms with Crippen molar-refractivity contribution in [3.8, 4) is 0 Å². The van der Waals surface area contributed by atoms with Crippen LogP contribution in [0.4, 0.5) is 10.2 Å². The highest BCUT2D eigenvalue weighted by atomic mass is 19.1. The van der Waals surface area contributed by atoms with Crippen molar-refractivity contribution in [3.05, 3.63) is 53.0 Å². The van der Waals surface area contributed by atoms with E-state index in [4.69, 9.17) is 0 Å². The zero-order chi connectivity index (χ0) is 17.3. The van der Waals surface area contributed by atoms with Crippen LogP contribution in [0.1, 0.15) is 21.5 Å². The molecule has 0 atom stereocenters. The molecule has 6 heteroatoms. The summed E-state index contributed by atoms with van der Waals surface area (Å²) < 4.78 is 14.0. The summed E-state index contributed by atoms with van der Waals surface area (Å²) >= 11 is 0. The summed E-state index contributed by atoms with van der Waals surface area (Å²) in [5, 5.41) is 0. The number of carbonyl (C=O) groups is 1. The summed E-state index contributed by atoms with van der Waals surface area (Å²) in [6, 6.07) is 6.86. The monoisotopic (exact) mass is 325 g/mol. The number of benzene rings is 1. The number of carbonyl (C=O) groups excluding carboxylic acids is 1. The van der Waals surface area contributed by atoms with E-state index in [1.165, 1.54) is 6.07 Å². The molecule has 0 unspecified atom stereocenters. The second-order valence-corrected chi connectivity index (χ2v) is 6.42. The van der Waals surface area contributed by atoms with Crippen molar-refractivity contribution < 1.29 is 9.18 Å². The summed E-state index contributed by atoms with van der Waals surface area (Å²) in [4.78, 5) is 21.0. The molecule has 1 amide bonds. The number of aryl methyl sites for hydroxylation is 2. The lowest BCUT2D eigenvalue weighted by molar-refractivity contribution is 0.0742. The average Bonchev–Trinajstić information content (AvgIpc) is 2.54. The predicted molar refractivity (Wildman–Crippen MR) is 96.4 cm³/mol. The maximum atomic E-state index is 14.0. The first-order valence-electron chi connectivity index (χ1n) is 8.19. The molecule has 0 radical (unpaired) electrons. The lowest BCUT2D eigenvalue weighted by Crippen LogP contribution is -2.49. The molecule has 2 heterocycles. The third-order valence-corrected chi connectivity index (χ3v) is 4.41. The maximum Gasteiger partial charge on any atom is 0.256 e. The van der Waals surface area contributed by atoms with Gasteiger partial charge >= 0.3 is 0 Å². The van der Waals surface area contributed by atoms with Crippen molar-refractivity contribution in [2.75, 3.05) is 31.1 Å². The van der Waals surface area contributed by atoms with Gasteiger partial charge in [-0.25, -0.2) is 9.37 Å². The summed E-state index contributed by atoms with van der Waals surface area (Å²) in [5.74, 6) is 0.286. The van der Waals surface area contributed by atoms with Gasteiger partial charge in [0.2, 0.25) is 0 Å². The van der Waals surface area contributed by atoms with Crippen molar-refractivity contribution in [1.29, 1.82) is 0 Å². The molecule has 0 spiro atoms. The van der Waals surface area contributed by atoms with Gasteiger partial charge < -0.3 is 9.80 Å². The topological polar surface area (TPSA) is 36.4 Å². The quantitative estimate of drug-likeness (QED) is 0.775. The van der Waals surface area contributed by atoms with Crippen molar-refractivity contribution >= 4 is 25.0 Å². The Bertz CT molecular complexity index is 773. The number of amides is 1. The minimum atomic E-state index is -0.446. The normalized spacial score (nSPS) is 14.8. The Morgan fingerprint density at radius 1 is 1.17 bits per heavy atom. The van der Waals surface area contributed by atoms with Crippen LogP contribution in [0.2, 0.25) is 0 Å². The van der Waals surface area contributed by atoms with Gasteiger partial charge in [0.05, 0.1) is 5.56 Å². The third-order valence-electron chi connectivity index (χ3n) is 4.41. The molecule has 2 aromatic rings. The van der Waals surface area contributed by atoms with Crippen molar-refractivity contribution in [2.45, 2.75) is 13.8 Å². The minimum Gasteiger partial charge on any atom is -0.353 e. The standard InChI is InChI=1S/C18H21BFN3O/c1-12-9-13(2)17(21-11-12)22-5-7-23(8-6-22)18(24)15-4-3-14(19)10-16(15)20/h3-4,9-11H,5-8,19H2,1-2H3. The van der Waals surface area contributed by atoms with Crippen molar-refractivity contribution in [2.24, 2.45) is 0 Å². The second kappa shape index (κ2) is 6.63. The third kappa shape index (κ3) is 3.27. The molecule has 1 aliphatic heterocycles. The summed E-state index contributed by atoms with van der Waals surface area (Å²) in [6.07, 6.45) is 1.86. The maximum absolute atomic E-state index is 14.0. The molecular formula is C18H21BFN3O. The van der Waals surface area contributed by atoms with Crippen LogP contribution in [0, 0.1) is 19.7 Å². The molecule has 1 aromatic carbocycles. The number of anilines is 1. The molecule has 1 aromatic heterocycles. The fraction of sp³-hybridized carbons (Fsp3) is 0.333. The first kappa shape index (κ1) is 16.5. The highest BCUT2D eigenvalue weighted by Gasteiger charge is 2.25. The van der Waals surface area contributed by atoms with E-state index in [-0.39, 0.29) is 11.5 Å².